The van der Waals surface area contributed by atoms with Crippen molar-refractivity contribution in [2.75, 3.05) is 39.5 Å². The average molecular weight is 508 g/mol. The Morgan fingerprint density at radius 3 is 2.68 bits per heavy atom. The van der Waals surface area contributed by atoms with Gasteiger partial charge in [0, 0.05) is 45.0 Å². The maximum atomic E-state index is 12.8. The zero-order valence-corrected chi connectivity index (χ0v) is 20.8. The first-order chi connectivity index (χ1) is 16.0. The zero-order valence-electron chi connectivity index (χ0n) is 19.3. The van der Waals surface area contributed by atoms with Crippen LogP contribution in [0.1, 0.15) is 25.9 Å². The van der Waals surface area contributed by atoms with E-state index >= 15 is 0 Å². The first-order valence-corrected chi connectivity index (χ1v) is 11.6. The topological polar surface area (TPSA) is 137 Å². The fourth-order valence-electron chi connectivity index (χ4n) is 3.26. The van der Waals surface area contributed by atoms with Crippen molar-refractivity contribution >= 4 is 52.3 Å². The van der Waals surface area contributed by atoms with Crippen LogP contribution in [-0.4, -0.2) is 83.7 Å². The van der Waals surface area contributed by atoms with Crippen LogP contribution < -0.4 is 16.0 Å². The van der Waals surface area contributed by atoms with Gasteiger partial charge in [-0.2, -0.15) is 0 Å². The maximum absolute atomic E-state index is 12.8. The molecule has 1 atom stereocenters. The molecule has 182 valence electrons. The molecule has 1 aliphatic heterocycles. The summed E-state index contributed by atoms with van der Waals surface area (Å²) in [6.45, 7) is 3.00. The standard InChI is InChI=1S/C21H26ClN7O4S/c1-11-7-16(22)23-8-13(11)25-18(31)17(30)24-9-14(21(33)28(2)3)26-19(32)20-27-12-5-6-29(4)10-15(12)34-20/h7-8,14H,5-6,9-10H2,1-4H3,(H,24,30)(H,25,31)(H,26,32). The monoisotopic (exact) mass is 507 g/mol. The normalized spacial score (nSPS) is 14.0. The van der Waals surface area contributed by atoms with Crippen LogP contribution in [0, 0.1) is 6.92 Å². The lowest BCUT2D eigenvalue weighted by Crippen LogP contribution is -2.53. The van der Waals surface area contributed by atoms with Crippen molar-refractivity contribution in [1.29, 1.82) is 0 Å². The largest absolute Gasteiger partial charge is 0.347 e. The number of rotatable bonds is 6. The molecule has 4 amide bonds. The number of nitrogens with one attached hydrogen (secondary N) is 3. The molecule has 13 heteroatoms. The van der Waals surface area contributed by atoms with Gasteiger partial charge < -0.3 is 25.8 Å². The van der Waals surface area contributed by atoms with Gasteiger partial charge in [0.1, 0.15) is 11.2 Å². The lowest BCUT2D eigenvalue weighted by Gasteiger charge is -2.21. The van der Waals surface area contributed by atoms with Gasteiger partial charge in [0.05, 0.1) is 17.6 Å². The number of nitrogens with zero attached hydrogens (tertiary/aromatic N) is 4. The molecule has 0 aliphatic carbocycles. The van der Waals surface area contributed by atoms with E-state index in [2.05, 4.69) is 30.8 Å². The van der Waals surface area contributed by atoms with E-state index in [0.717, 1.165) is 23.5 Å². The molecule has 0 bridgehead atoms. The smallest absolute Gasteiger partial charge is 0.313 e. The number of amides is 4. The highest BCUT2D eigenvalue weighted by atomic mass is 35.5. The summed E-state index contributed by atoms with van der Waals surface area (Å²) < 4.78 is 0. The molecule has 0 fully saturated rings. The number of hydrogen-bond donors (Lipinski definition) is 3. The number of halogens is 1. The van der Waals surface area contributed by atoms with E-state index in [1.807, 2.05) is 7.05 Å². The Morgan fingerprint density at radius 1 is 1.26 bits per heavy atom. The van der Waals surface area contributed by atoms with Crippen molar-refractivity contribution in [2.45, 2.75) is 25.9 Å². The molecule has 3 heterocycles. The molecule has 2 aromatic rings. The van der Waals surface area contributed by atoms with Crippen molar-refractivity contribution in [1.82, 2.24) is 30.4 Å². The highest BCUT2D eigenvalue weighted by Gasteiger charge is 2.28. The second-order valence-electron chi connectivity index (χ2n) is 8.12. The molecule has 3 rings (SSSR count). The van der Waals surface area contributed by atoms with Crippen LogP contribution in [0.5, 0.6) is 0 Å². The van der Waals surface area contributed by atoms with Crippen molar-refractivity contribution in [2.24, 2.45) is 0 Å². The van der Waals surface area contributed by atoms with Crippen LogP contribution in [0.3, 0.4) is 0 Å². The van der Waals surface area contributed by atoms with Gasteiger partial charge in [0.15, 0.2) is 5.01 Å². The van der Waals surface area contributed by atoms with Gasteiger partial charge in [-0.25, -0.2) is 9.97 Å². The highest BCUT2D eigenvalue weighted by molar-refractivity contribution is 7.13. The van der Waals surface area contributed by atoms with Crippen LogP contribution in [-0.2, 0) is 27.3 Å². The van der Waals surface area contributed by atoms with Gasteiger partial charge in [-0.1, -0.05) is 11.6 Å². The van der Waals surface area contributed by atoms with E-state index in [0.29, 0.717) is 17.8 Å². The fraction of sp³-hybridized carbons (Fsp3) is 0.429. The third kappa shape index (κ3) is 6.27. The molecular weight excluding hydrogens is 482 g/mol. The summed E-state index contributed by atoms with van der Waals surface area (Å²) in [6, 6.07) is 0.465. The first-order valence-electron chi connectivity index (χ1n) is 10.5. The number of carbonyl (C=O) groups is 4. The molecule has 3 N–H and O–H groups in total. The Labute approximate surface area is 205 Å². The third-order valence-electron chi connectivity index (χ3n) is 5.16. The molecule has 0 saturated heterocycles. The molecule has 0 saturated carbocycles. The Hall–Kier alpha value is -3.09. The third-order valence-corrected chi connectivity index (χ3v) is 6.45. The van der Waals surface area contributed by atoms with Gasteiger partial charge in [0.25, 0.3) is 5.91 Å². The van der Waals surface area contributed by atoms with E-state index < -0.39 is 29.7 Å². The molecule has 34 heavy (non-hydrogen) atoms. The number of aryl methyl sites for hydroxylation is 1. The van der Waals surface area contributed by atoms with E-state index in [-0.39, 0.29) is 16.7 Å². The minimum atomic E-state index is -1.08. The lowest BCUT2D eigenvalue weighted by atomic mass is 10.2. The van der Waals surface area contributed by atoms with Crippen molar-refractivity contribution in [3.63, 3.8) is 0 Å². The number of hydrogen-bond acceptors (Lipinski definition) is 8. The summed E-state index contributed by atoms with van der Waals surface area (Å²) in [7, 11) is 5.06. The van der Waals surface area contributed by atoms with Crippen molar-refractivity contribution in [3.8, 4) is 0 Å². The molecule has 2 aromatic heterocycles. The Bertz CT molecular complexity index is 1120. The second kappa shape index (κ2) is 10.9. The molecule has 11 nitrogen and oxygen atoms in total. The van der Waals surface area contributed by atoms with Crippen molar-refractivity contribution in [3.05, 3.63) is 38.6 Å². The number of thiazole rings is 1. The number of aromatic nitrogens is 2. The van der Waals surface area contributed by atoms with Crippen LogP contribution >= 0.6 is 22.9 Å². The molecule has 0 radical (unpaired) electrons. The summed E-state index contributed by atoms with van der Waals surface area (Å²) in [6.07, 6.45) is 2.09. The summed E-state index contributed by atoms with van der Waals surface area (Å²) in [5, 5.41) is 7.98. The maximum Gasteiger partial charge on any atom is 0.313 e. The van der Waals surface area contributed by atoms with E-state index in [1.54, 1.807) is 13.0 Å². The van der Waals surface area contributed by atoms with Crippen LogP contribution in [0.25, 0.3) is 0 Å². The Balaban J connectivity index is 1.63. The quantitative estimate of drug-likeness (QED) is 0.381. The zero-order chi connectivity index (χ0) is 25.0. The van der Waals surface area contributed by atoms with Crippen LogP contribution in [0.4, 0.5) is 5.69 Å². The molecule has 1 aliphatic rings. The number of carbonyl (C=O) groups excluding carboxylic acids is 4. The molecular formula is C21H26ClN7O4S. The highest BCUT2D eigenvalue weighted by Crippen LogP contribution is 2.24. The van der Waals surface area contributed by atoms with Gasteiger partial charge in [-0.05, 0) is 25.6 Å². The Kier molecular flexibility index (Phi) is 8.18. The second-order valence-corrected chi connectivity index (χ2v) is 9.59. The average Bonchev–Trinajstić information content (AvgIpc) is 3.20. The predicted molar refractivity (Wildman–Crippen MR) is 128 cm³/mol. The number of likely N-dealkylation sites (N-methyl/N-ethyl adjacent to an activating group) is 2. The molecule has 1 unspecified atom stereocenters. The first kappa shape index (κ1) is 25.5. The number of fused-ring (bicyclic) bond motifs is 1. The predicted octanol–water partition coefficient (Wildman–Crippen LogP) is 0.429. The fourth-order valence-corrected chi connectivity index (χ4v) is 4.56. The van der Waals surface area contributed by atoms with E-state index in [4.69, 9.17) is 11.6 Å². The molecule has 0 spiro atoms. The van der Waals surface area contributed by atoms with Crippen LogP contribution in [0.15, 0.2) is 12.3 Å². The van der Waals surface area contributed by atoms with Gasteiger partial charge in [-0.15, -0.1) is 11.3 Å². The lowest BCUT2D eigenvalue weighted by molar-refractivity contribution is -0.136. The minimum Gasteiger partial charge on any atom is -0.347 e. The summed E-state index contributed by atoms with van der Waals surface area (Å²) in [5.74, 6) is -2.85. The van der Waals surface area contributed by atoms with Gasteiger partial charge in [-0.3, -0.25) is 19.2 Å². The van der Waals surface area contributed by atoms with E-state index in [9.17, 15) is 19.2 Å². The number of anilines is 1. The SMILES string of the molecule is Cc1cc(Cl)ncc1NC(=O)C(=O)NCC(NC(=O)c1nc2c(s1)CN(C)CC2)C(=O)N(C)C. The Morgan fingerprint density at radius 2 is 2.00 bits per heavy atom. The van der Waals surface area contributed by atoms with Crippen molar-refractivity contribution < 1.29 is 19.2 Å². The summed E-state index contributed by atoms with van der Waals surface area (Å²) in [4.78, 5) is 62.8. The van der Waals surface area contributed by atoms with Crippen LogP contribution in [0.2, 0.25) is 5.15 Å². The van der Waals surface area contributed by atoms with Gasteiger partial charge >= 0.3 is 11.8 Å². The van der Waals surface area contributed by atoms with Gasteiger partial charge in [0.2, 0.25) is 5.91 Å². The molecule has 0 aromatic carbocycles. The van der Waals surface area contributed by atoms with E-state index in [1.165, 1.54) is 36.5 Å². The summed E-state index contributed by atoms with van der Waals surface area (Å²) in [5.41, 5.74) is 1.85. The number of pyridine rings is 1. The minimum absolute atomic E-state index is 0.256. The summed E-state index contributed by atoms with van der Waals surface area (Å²) >= 11 is 7.08.